The Labute approximate surface area is 103 Å². The molecule has 0 aromatic heterocycles. The fraction of sp³-hybridized carbons (Fsp3) is 0.667. The third-order valence-electron chi connectivity index (χ3n) is 3.07. The normalized spacial score (nSPS) is 10.6. The molecule has 5 heteroatoms. The number of nitriles is 4. The molecule has 0 amide bonds. The first-order valence-corrected chi connectivity index (χ1v) is 8.55. The molecule has 0 spiro atoms. The molecule has 0 radical (unpaired) electrons. The second-order valence-electron chi connectivity index (χ2n) is 4.13. The van der Waals surface area contributed by atoms with Crippen molar-refractivity contribution in [2.24, 2.45) is 0 Å². The minimum atomic E-state index is -1.77. The third-order valence-corrected chi connectivity index (χ3v) is 8.31. The van der Waals surface area contributed by atoms with Crippen LogP contribution in [0.3, 0.4) is 0 Å². The van der Waals surface area contributed by atoms with Gasteiger partial charge in [0, 0.05) is 0 Å². The van der Waals surface area contributed by atoms with Crippen molar-refractivity contribution >= 4 is 7.26 Å². The molecule has 17 heavy (non-hydrogen) atoms. The molecule has 0 bridgehead atoms. The molecule has 0 fully saturated rings. The van der Waals surface area contributed by atoms with E-state index in [1.165, 1.54) is 0 Å². The van der Waals surface area contributed by atoms with Crippen LogP contribution in [0.25, 0.3) is 0 Å². The van der Waals surface area contributed by atoms with Crippen LogP contribution in [0.15, 0.2) is 0 Å². The van der Waals surface area contributed by atoms with Crippen molar-refractivity contribution in [1.82, 2.24) is 0 Å². The van der Waals surface area contributed by atoms with Crippen LogP contribution in [0.4, 0.5) is 0 Å². The SMILES string of the molecule is N#CCC[PH](CCC#N)(CCC#N)CCC#N. The van der Waals surface area contributed by atoms with Crippen molar-refractivity contribution < 1.29 is 0 Å². The van der Waals surface area contributed by atoms with Gasteiger partial charge in [0.1, 0.15) is 0 Å². The summed E-state index contributed by atoms with van der Waals surface area (Å²) in [6, 6.07) is 8.55. The molecule has 0 rings (SSSR count). The Morgan fingerprint density at radius 1 is 0.529 bits per heavy atom. The van der Waals surface area contributed by atoms with Gasteiger partial charge in [-0.2, -0.15) is 0 Å². The van der Waals surface area contributed by atoms with Crippen molar-refractivity contribution in [2.75, 3.05) is 24.6 Å². The molecule has 0 unspecified atom stereocenters. The monoisotopic (exact) mass is 248 g/mol. The Hall–Kier alpha value is -1.61. The van der Waals surface area contributed by atoms with Crippen molar-refractivity contribution in [3.8, 4) is 24.3 Å². The molecule has 0 aromatic carbocycles. The molecule has 0 N–H and O–H groups in total. The summed E-state index contributed by atoms with van der Waals surface area (Å²) in [5.41, 5.74) is 0. The van der Waals surface area contributed by atoms with Gasteiger partial charge in [-0.15, -0.1) is 0 Å². The topological polar surface area (TPSA) is 95.2 Å². The molecule has 0 aliphatic rings. The van der Waals surface area contributed by atoms with Crippen molar-refractivity contribution in [3.05, 3.63) is 0 Å². The standard InChI is InChI=1S/C12H17N4P/c13-5-1-9-17(10-2-6-14,11-3-7-15)12-4-8-16/h17H,1-4,9-12H2. The van der Waals surface area contributed by atoms with Crippen molar-refractivity contribution in [2.45, 2.75) is 25.7 Å². The second-order valence-corrected chi connectivity index (χ2v) is 9.13. The van der Waals surface area contributed by atoms with Crippen LogP contribution in [-0.2, 0) is 0 Å². The average Bonchev–Trinajstić information content (AvgIpc) is 2.37. The number of hydrogen-bond acceptors (Lipinski definition) is 4. The predicted octanol–water partition coefficient (Wildman–Crippen LogP) is 2.39. The zero-order valence-electron chi connectivity index (χ0n) is 9.95. The second kappa shape index (κ2) is 9.60. The molecule has 0 saturated carbocycles. The minimum absolute atomic E-state index is 0.481. The molecular formula is C12H17N4P. The van der Waals surface area contributed by atoms with Gasteiger partial charge in [0.15, 0.2) is 0 Å². The molecule has 4 nitrogen and oxygen atoms in total. The molecule has 0 heterocycles. The molecule has 90 valence electrons. The van der Waals surface area contributed by atoms with Crippen molar-refractivity contribution in [1.29, 1.82) is 21.0 Å². The van der Waals surface area contributed by atoms with Gasteiger partial charge in [0.25, 0.3) is 0 Å². The van der Waals surface area contributed by atoms with E-state index in [1.54, 1.807) is 0 Å². The summed E-state index contributed by atoms with van der Waals surface area (Å²) < 4.78 is 0. The first-order chi connectivity index (χ1) is 8.24. The zero-order chi connectivity index (χ0) is 13.0. The van der Waals surface area contributed by atoms with E-state index in [4.69, 9.17) is 21.0 Å². The number of hydrogen-bond donors (Lipinski definition) is 0. The maximum atomic E-state index is 8.68. The van der Waals surface area contributed by atoms with Crippen LogP contribution in [0.2, 0.25) is 0 Å². The van der Waals surface area contributed by atoms with E-state index in [0.29, 0.717) is 25.7 Å². The van der Waals surface area contributed by atoms with Crippen molar-refractivity contribution in [3.63, 3.8) is 0 Å². The van der Waals surface area contributed by atoms with Crippen LogP contribution in [0.5, 0.6) is 0 Å². The molecule has 0 saturated heterocycles. The van der Waals surface area contributed by atoms with E-state index < -0.39 is 7.26 Å². The van der Waals surface area contributed by atoms with E-state index in [0.717, 1.165) is 24.6 Å². The number of rotatable bonds is 8. The Morgan fingerprint density at radius 3 is 0.941 bits per heavy atom. The Morgan fingerprint density at radius 2 is 0.765 bits per heavy atom. The van der Waals surface area contributed by atoms with E-state index in [-0.39, 0.29) is 0 Å². The fourth-order valence-electron chi connectivity index (χ4n) is 2.03. The van der Waals surface area contributed by atoms with Gasteiger partial charge >= 0.3 is 103 Å². The number of nitrogens with zero attached hydrogens (tertiary/aromatic N) is 4. The summed E-state index contributed by atoms with van der Waals surface area (Å²) in [6.45, 7) is 0. The third kappa shape index (κ3) is 6.53. The quantitative estimate of drug-likeness (QED) is 0.616. The molecular weight excluding hydrogens is 231 g/mol. The summed E-state index contributed by atoms with van der Waals surface area (Å²) in [5.74, 6) is 0. The first kappa shape index (κ1) is 15.4. The van der Waals surface area contributed by atoms with Crippen LogP contribution in [0.1, 0.15) is 25.7 Å². The fourth-order valence-corrected chi connectivity index (χ4v) is 6.10. The summed E-state index contributed by atoms with van der Waals surface area (Å²) in [7, 11) is -1.77. The summed E-state index contributed by atoms with van der Waals surface area (Å²) in [4.78, 5) is 0. The summed E-state index contributed by atoms with van der Waals surface area (Å²) in [6.07, 6.45) is 5.18. The predicted molar refractivity (Wildman–Crippen MR) is 68.7 cm³/mol. The van der Waals surface area contributed by atoms with Crippen LogP contribution >= 0.6 is 7.26 Å². The molecule has 0 aromatic rings. The van der Waals surface area contributed by atoms with Gasteiger partial charge in [0.05, 0.1) is 0 Å². The molecule has 0 aliphatic heterocycles. The molecule has 0 atom stereocenters. The van der Waals surface area contributed by atoms with Gasteiger partial charge in [-0.3, -0.25) is 0 Å². The van der Waals surface area contributed by atoms with Gasteiger partial charge in [-0.1, -0.05) is 0 Å². The summed E-state index contributed by atoms with van der Waals surface area (Å²) >= 11 is 0. The van der Waals surface area contributed by atoms with E-state index in [9.17, 15) is 0 Å². The van der Waals surface area contributed by atoms with Crippen LogP contribution in [-0.4, -0.2) is 24.6 Å². The van der Waals surface area contributed by atoms with E-state index in [2.05, 4.69) is 24.3 Å². The Bertz CT molecular complexity index is 300. The first-order valence-electron chi connectivity index (χ1n) is 5.72. The summed E-state index contributed by atoms with van der Waals surface area (Å²) in [5, 5.41) is 34.7. The van der Waals surface area contributed by atoms with Gasteiger partial charge in [-0.05, 0) is 0 Å². The Balaban J connectivity index is 4.67. The van der Waals surface area contributed by atoms with Gasteiger partial charge in [-0.25, -0.2) is 0 Å². The maximum absolute atomic E-state index is 8.68. The van der Waals surface area contributed by atoms with Crippen LogP contribution in [0, 0.1) is 45.3 Å². The zero-order valence-corrected chi connectivity index (χ0v) is 10.9. The molecule has 0 aliphatic carbocycles. The van der Waals surface area contributed by atoms with Crippen LogP contribution < -0.4 is 0 Å². The van der Waals surface area contributed by atoms with Gasteiger partial charge in [0.2, 0.25) is 0 Å². The van der Waals surface area contributed by atoms with E-state index >= 15 is 0 Å². The van der Waals surface area contributed by atoms with Gasteiger partial charge < -0.3 is 0 Å². The average molecular weight is 248 g/mol. The van der Waals surface area contributed by atoms with E-state index in [1.807, 2.05) is 0 Å². The Kier molecular flexibility index (Phi) is 8.69.